The fourth-order valence-electron chi connectivity index (χ4n) is 1.65. The zero-order chi connectivity index (χ0) is 12.4. The zero-order valence-corrected chi connectivity index (χ0v) is 11.7. The van der Waals surface area contributed by atoms with Crippen molar-refractivity contribution in [1.29, 1.82) is 0 Å². The quantitative estimate of drug-likeness (QED) is 0.779. The Morgan fingerprint density at radius 2 is 2.00 bits per heavy atom. The fourth-order valence-corrected chi connectivity index (χ4v) is 2.54. The Hall–Kier alpha value is -1.06. The van der Waals surface area contributed by atoms with E-state index in [4.69, 9.17) is 16.3 Å². The average molecular weight is 268 g/mol. The molecule has 17 heavy (non-hydrogen) atoms. The number of aryl methyl sites for hydroxylation is 2. The number of rotatable bonds is 3. The molecule has 0 radical (unpaired) electrons. The molecule has 2 aromatic rings. The Morgan fingerprint density at radius 1 is 1.29 bits per heavy atom. The van der Waals surface area contributed by atoms with Crippen molar-refractivity contribution in [1.82, 2.24) is 4.98 Å². The smallest absolute Gasteiger partial charge is 0.128 e. The van der Waals surface area contributed by atoms with E-state index >= 15 is 0 Å². The van der Waals surface area contributed by atoms with Crippen molar-refractivity contribution < 1.29 is 4.74 Å². The largest absolute Gasteiger partial charge is 0.496 e. The van der Waals surface area contributed by atoms with Crippen LogP contribution < -0.4 is 4.74 Å². The highest BCUT2D eigenvalue weighted by Gasteiger charge is 2.11. The topological polar surface area (TPSA) is 22.1 Å². The maximum atomic E-state index is 5.77. The first-order valence-electron chi connectivity index (χ1n) is 5.31. The minimum atomic E-state index is 0.456. The molecule has 0 saturated carbocycles. The van der Waals surface area contributed by atoms with Gasteiger partial charge in [-0.15, -0.1) is 22.9 Å². The molecule has 90 valence electrons. The zero-order valence-electron chi connectivity index (χ0n) is 10.1. The van der Waals surface area contributed by atoms with Gasteiger partial charge in [0.25, 0.3) is 0 Å². The van der Waals surface area contributed by atoms with Crippen LogP contribution in [-0.4, -0.2) is 12.1 Å². The molecule has 0 aliphatic rings. The SMILES string of the molecule is COc1cc(C)c(C)cc1-c1csc(CCl)n1. The monoisotopic (exact) mass is 267 g/mol. The first-order chi connectivity index (χ1) is 8.15. The molecular formula is C13H14ClNOS. The average Bonchev–Trinajstić information content (AvgIpc) is 2.80. The maximum absolute atomic E-state index is 5.77. The summed E-state index contributed by atoms with van der Waals surface area (Å²) in [5.41, 5.74) is 4.42. The molecule has 0 aliphatic heterocycles. The Kier molecular flexibility index (Phi) is 3.69. The van der Waals surface area contributed by atoms with E-state index in [-0.39, 0.29) is 0 Å². The lowest BCUT2D eigenvalue weighted by Crippen LogP contribution is -1.92. The van der Waals surface area contributed by atoms with E-state index in [1.807, 2.05) is 11.4 Å². The van der Waals surface area contributed by atoms with E-state index in [2.05, 4.69) is 24.9 Å². The van der Waals surface area contributed by atoms with Gasteiger partial charge in [0.2, 0.25) is 0 Å². The van der Waals surface area contributed by atoms with Crippen LogP contribution in [0.3, 0.4) is 0 Å². The molecule has 1 aromatic heterocycles. The van der Waals surface area contributed by atoms with Gasteiger partial charge in [-0.3, -0.25) is 0 Å². The number of aromatic nitrogens is 1. The molecule has 0 aliphatic carbocycles. The third-order valence-electron chi connectivity index (χ3n) is 2.76. The second-order valence-corrected chi connectivity index (χ2v) is 5.11. The van der Waals surface area contributed by atoms with Gasteiger partial charge in [-0.2, -0.15) is 0 Å². The fraction of sp³-hybridized carbons (Fsp3) is 0.308. The summed E-state index contributed by atoms with van der Waals surface area (Å²) in [5.74, 6) is 1.32. The van der Waals surface area contributed by atoms with Crippen LogP contribution in [0.15, 0.2) is 17.5 Å². The van der Waals surface area contributed by atoms with Crippen LogP contribution in [0.4, 0.5) is 0 Å². The summed E-state index contributed by atoms with van der Waals surface area (Å²) in [6.45, 7) is 4.17. The number of alkyl halides is 1. The molecule has 1 heterocycles. The summed E-state index contributed by atoms with van der Waals surface area (Å²) in [5, 5.41) is 2.95. The highest BCUT2D eigenvalue weighted by atomic mass is 35.5. The molecule has 0 atom stereocenters. The van der Waals surface area contributed by atoms with Crippen molar-refractivity contribution in [3.8, 4) is 17.0 Å². The third-order valence-corrected chi connectivity index (χ3v) is 4.02. The van der Waals surface area contributed by atoms with Crippen molar-refractivity contribution in [3.05, 3.63) is 33.6 Å². The lowest BCUT2D eigenvalue weighted by atomic mass is 10.0. The second-order valence-electron chi connectivity index (χ2n) is 3.90. The number of nitrogens with zero attached hydrogens (tertiary/aromatic N) is 1. The number of benzene rings is 1. The van der Waals surface area contributed by atoms with Gasteiger partial charge in [-0.05, 0) is 37.1 Å². The molecule has 4 heteroatoms. The lowest BCUT2D eigenvalue weighted by Gasteiger charge is -2.09. The number of hydrogen-bond donors (Lipinski definition) is 0. The minimum Gasteiger partial charge on any atom is -0.496 e. The molecule has 0 unspecified atom stereocenters. The Morgan fingerprint density at radius 3 is 2.59 bits per heavy atom. The van der Waals surface area contributed by atoms with Gasteiger partial charge in [0.05, 0.1) is 18.7 Å². The van der Waals surface area contributed by atoms with E-state index in [1.54, 1.807) is 18.4 Å². The van der Waals surface area contributed by atoms with Crippen molar-refractivity contribution in [2.75, 3.05) is 7.11 Å². The highest BCUT2D eigenvalue weighted by molar-refractivity contribution is 7.10. The Balaban J connectivity index is 2.53. The van der Waals surface area contributed by atoms with Gasteiger partial charge in [0.1, 0.15) is 10.8 Å². The second kappa shape index (κ2) is 5.07. The number of methoxy groups -OCH3 is 1. The Bertz CT molecular complexity index is 536. The molecular weight excluding hydrogens is 254 g/mol. The van der Waals surface area contributed by atoms with Crippen LogP contribution in [0.25, 0.3) is 11.3 Å². The van der Waals surface area contributed by atoms with Crippen molar-refractivity contribution in [2.45, 2.75) is 19.7 Å². The van der Waals surface area contributed by atoms with Crippen LogP contribution in [0, 0.1) is 13.8 Å². The predicted octanol–water partition coefficient (Wildman–Crippen LogP) is 4.17. The summed E-state index contributed by atoms with van der Waals surface area (Å²) in [6.07, 6.45) is 0. The molecule has 2 nitrogen and oxygen atoms in total. The number of hydrogen-bond acceptors (Lipinski definition) is 3. The van der Waals surface area contributed by atoms with E-state index < -0.39 is 0 Å². The van der Waals surface area contributed by atoms with Gasteiger partial charge >= 0.3 is 0 Å². The molecule has 0 fully saturated rings. The number of halogens is 1. The molecule has 0 amide bonds. The maximum Gasteiger partial charge on any atom is 0.128 e. The van der Waals surface area contributed by atoms with Crippen LogP contribution in [-0.2, 0) is 5.88 Å². The standard InChI is InChI=1S/C13H14ClNOS/c1-8-4-10(12(16-3)5-9(8)2)11-7-17-13(6-14)15-11/h4-5,7H,6H2,1-3H3. The van der Waals surface area contributed by atoms with Gasteiger partial charge in [-0.25, -0.2) is 4.98 Å². The molecule has 0 N–H and O–H groups in total. The molecule has 0 spiro atoms. The first-order valence-corrected chi connectivity index (χ1v) is 6.73. The Labute approximate surface area is 110 Å². The van der Waals surface area contributed by atoms with Gasteiger partial charge in [-0.1, -0.05) is 0 Å². The molecule has 0 bridgehead atoms. The van der Waals surface area contributed by atoms with Crippen LogP contribution in [0.2, 0.25) is 0 Å². The number of ether oxygens (including phenoxy) is 1. The van der Waals surface area contributed by atoms with E-state index in [0.717, 1.165) is 22.0 Å². The van der Waals surface area contributed by atoms with Crippen LogP contribution in [0.1, 0.15) is 16.1 Å². The molecule has 2 rings (SSSR count). The predicted molar refractivity (Wildman–Crippen MR) is 73.1 cm³/mol. The molecule has 0 saturated heterocycles. The minimum absolute atomic E-state index is 0.456. The van der Waals surface area contributed by atoms with Gasteiger partial charge < -0.3 is 4.74 Å². The normalized spacial score (nSPS) is 10.6. The summed E-state index contributed by atoms with van der Waals surface area (Å²) in [6, 6.07) is 4.16. The van der Waals surface area contributed by atoms with E-state index in [0.29, 0.717) is 5.88 Å². The van der Waals surface area contributed by atoms with Crippen molar-refractivity contribution in [2.24, 2.45) is 0 Å². The van der Waals surface area contributed by atoms with Gasteiger partial charge in [0.15, 0.2) is 0 Å². The first kappa shape index (κ1) is 12.4. The third kappa shape index (κ3) is 2.45. The van der Waals surface area contributed by atoms with Crippen LogP contribution in [0.5, 0.6) is 5.75 Å². The lowest BCUT2D eigenvalue weighted by molar-refractivity contribution is 0.416. The number of thiazole rings is 1. The molecule has 1 aromatic carbocycles. The summed E-state index contributed by atoms with van der Waals surface area (Å²) in [4.78, 5) is 4.48. The highest BCUT2D eigenvalue weighted by Crippen LogP contribution is 2.33. The van der Waals surface area contributed by atoms with Crippen LogP contribution >= 0.6 is 22.9 Å². The van der Waals surface area contributed by atoms with E-state index in [1.165, 1.54) is 11.1 Å². The van der Waals surface area contributed by atoms with Gasteiger partial charge in [0, 0.05) is 10.9 Å². The van der Waals surface area contributed by atoms with Crippen molar-refractivity contribution in [3.63, 3.8) is 0 Å². The summed E-state index contributed by atoms with van der Waals surface area (Å²) >= 11 is 7.35. The summed E-state index contributed by atoms with van der Waals surface area (Å²) < 4.78 is 5.41. The van der Waals surface area contributed by atoms with Crippen molar-refractivity contribution >= 4 is 22.9 Å². The van der Waals surface area contributed by atoms with E-state index in [9.17, 15) is 0 Å². The summed E-state index contributed by atoms with van der Waals surface area (Å²) in [7, 11) is 1.68.